The molecule has 0 spiro atoms. The van der Waals surface area contributed by atoms with Gasteiger partial charge in [-0.25, -0.2) is 0 Å². The van der Waals surface area contributed by atoms with Crippen molar-refractivity contribution < 1.29 is 0 Å². The second-order valence-corrected chi connectivity index (χ2v) is 3.50. The van der Waals surface area contributed by atoms with Gasteiger partial charge in [-0.15, -0.1) is 0 Å². The zero-order valence-corrected chi connectivity index (χ0v) is 7.68. The zero-order chi connectivity index (χ0) is 8.65. The monoisotopic (exact) mass is 163 g/mol. The summed E-state index contributed by atoms with van der Waals surface area (Å²) in [5.41, 5.74) is 1.01. The van der Waals surface area contributed by atoms with E-state index < -0.39 is 0 Å². The smallest absolute Gasteiger partial charge is 0.0943 e. The van der Waals surface area contributed by atoms with Crippen LogP contribution in [-0.4, -0.2) is 0 Å². The maximum absolute atomic E-state index is 8.75. The minimum absolute atomic E-state index is 1.01. The second-order valence-electron chi connectivity index (χ2n) is 3.50. The number of nitriles is 1. The molecule has 0 saturated carbocycles. The van der Waals surface area contributed by atoms with Crippen molar-refractivity contribution in [3.05, 3.63) is 11.6 Å². The van der Waals surface area contributed by atoms with Crippen LogP contribution >= 0.6 is 0 Å². The van der Waals surface area contributed by atoms with E-state index in [4.69, 9.17) is 5.26 Å². The van der Waals surface area contributed by atoms with Gasteiger partial charge in [0.05, 0.1) is 6.07 Å². The highest BCUT2D eigenvalue weighted by Gasteiger charge is 1.98. The van der Waals surface area contributed by atoms with Crippen molar-refractivity contribution in [2.45, 2.75) is 51.4 Å². The standard InChI is InChI=1S/C11H17N/c12-10-11-8-6-4-2-1-3-5-7-9-11/h8H,1-7,9H2. The van der Waals surface area contributed by atoms with E-state index in [9.17, 15) is 0 Å². The Kier molecular flexibility index (Phi) is 4.52. The SMILES string of the molecule is N#CC1=CCCCCCCCC1. The van der Waals surface area contributed by atoms with Crippen molar-refractivity contribution in [2.24, 2.45) is 0 Å². The first-order valence-electron chi connectivity index (χ1n) is 5.02. The zero-order valence-electron chi connectivity index (χ0n) is 7.68. The lowest BCUT2D eigenvalue weighted by Gasteiger charge is -2.04. The van der Waals surface area contributed by atoms with E-state index >= 15 is 0 Å². The van der Waals surface area contributed by atoms with Gasteiger partial charge in [-0.2, -0.15) is 5.26 Å². The quantitative estimate of drug-likeness (QED) is 0.535. The molecule has 0 aromatic carbocycles. The molecular formula is C11H17N. The Labute approximate surface area is 75.1 Å². The molecule has 1 nitrogen and oxygen atoms in total. The summed E-state index contributed by atoms with van der Waals surface area (Å²) in [7, 11) is 0. The van der Waals surface area contributed by atoms with Gasteiger partial charge in [0.15, 0.2) is 0 Å². The molecule has 0 aliphatic heterocycles. The molecule has 1 rings (SSSR count). The number of rotatable bonds is 0. The second kappa shape index (κ2) is 5.83. The van der Waals surface area contributed by atoms with Crippen LogP contribution in [0.25, 0.3) is 0 Å². The summed E-state index contributed by atoms with van der Waals surface area (Å²) in [4.78, 5) is 0. The van der Waals surface area contributed by atoms with Crippen LogP contribution in [0.5, 0.6) is 0 Å². The van der Waals surface area contributed by atoms with Crippen molar-refractivity contribution in [2.75, 3.05) is 0 Å². The van der Waals surface area contributed by atoms with E-state index in [0.29, 0.717) is 0 Å². The van der Waals surface area contributed by atoms with Crippen molar-refractivity contribution >= 4 is 0 Å². The van der Waals surface area contributed by atoms with E-state index in [1.54, 1.807) is 0 Å². The van der Waals surface area contributed by atoms with Gasteiger partial charge >= 0.3 is 0 Å². The summed E-state index contributed by atoms with van der Waals surface area (Å²) in [5.74, 6) is 0. The average Bonchev–Trinajstić information content (AvgIpc) is 2.14. The molecule has 1 heteroatoms. The first-order chi connectivity index (χ1) is 5.93. The molecule has 0 fully saturated rings. The summed E-state index contributed by atoms with van der Waals surface area (Å²) in [6.45, 7) is 0. The predicted molar refractivity (Wildman–Crippen MR) is 50.6 cm³/mol. The highest BCUT2D eigenvalue weighted by Crippen LogP contribution is 2.15. The molecule has 12 heavy (non-hydrogen) atoms. The van der Waals surface area contributed by atoms with Crippen LogP contribution in [0.1, 0.15) is 51.4 Å². The van der Waals surface area contributed by atoms with Gasteiger partial charge < -0.3 is 0 Å². The molecule has 0 aromatic rings. The topological polar surface area (TPSA) is 23.8 Å². The molecular weight excluding hydrogens is 146 g/mol. The fourth-order valence-corrected chi connectivity index (χ4v) is 1.65. The van der Waals surface area contributed by atoms with Gasteiger partial charge in [0.25, 0.3) is 0 Å². The molecule has 1 aliphatic carbocycles. The molecule has 0 radical (unpaired) electrons. The highest BCUT2D eigenvalue weighted by molar-refractivity contribution is 5.20. The number of hydrogen-bond acceptors (Lipinski definition) is 1. The molecule has 0 atom stereocenters. The van der Waals surface area contributed by atoms with Gasteiger partial charge in [-0.05, 0) is 25.7 Å². The van der Waals surface area contributed by atoms with E-state index in [1.165, 1.54) is 38.5 Å². The normalized spacial score (nSPS) is 20.8. The van der Waals surface area contributed by atoms with Crippen LogP contribution in [-0.2, 0) is 0 Å². The van der Waals surface area contributed by atoms with Crippen molar-refractivity contribution in [3.8, 4) is 6.07 Å². The van der Waals surface area contributed by atoms with Crippen molar-refractivity contribution in [3.63, 3.8) is 0 Å². The molecule has 1 aliphatic rings. The van der Waals surface area contributed by atoms with Crippen LogP contribution in [0.3, 0.4) is 0 Å². The third kappa shape index (κ3) is 3.57. The molecule has 0 heterocycles. The van der Waals surface area contributed by atoms with Crippen molar-refractivity contribution in [1.29, 1.82) is 5.26 Å². The van der Waals surface area contributed by atoms with Crippen molar-refractivity contribution in [1.82, 2.24) is 0 Å². The summed E-state index contributed by atoms with van der Waals surface area (Å²) >= 11 is 0. The average molecular weight is 163 g/mol. The number of nitrogens with zero attached hydrogens (tertiary/aromatic N) is 1. The number of allylic oxidation sites excluding steroid dienone is 2. The molecule has 0 aromatic heterocycles. The summed E-state index contributed by atoms with van der Waals surface area (Å²) in [6, 6.07) is 2.28. The molecule has 0 unspecified atom stereocenters. The Morgan fingerprint density at radius 1 is 1.00 bits per heavy atom. The Hall–Kier alpha value is -0.770. The molecule has 0 amide bonds. The van der Waals surface area contributed by atoms with Crippen LogP contribution in [0.2, 0.25) is 0 Å². The molecule has 66 valence electrons. The lowest BCUT2D eigenvalue weighted by molar-refractivity contribution is 0.588. The highest BCUT2D eigenvalue weighted by atomic mass is 14.2. The lowest BCUT2D eigenvalue weighted by atomic mass is 10.0. The number of hydrogen-bond donors (Lipinski definition) is 0. The Morgan fingerprint density at radius 3 is 2.42 bits per heavy atom. The van der Waals surface area contributed by atoms with Crippen LogP contribution in [0, 0.1) is 11.3 Å². The fourth-order valence-electron chi connectivity index (χ4n) is 1.65. The Morgan fingerprint density at radius 2 is 1.67 bits per heavy atom. The minimum Gasteiger partial charge on any atom is -0.193 e. The summed E-state index contributed by atoms with van der Waals surface area (Å²) < 4.78 is 0. The fraction of sp³-hybridized carbons (Fsp3) is 0.727. The van der Waals surface area contributed by atoms with E-state index in [1.807, 2.05) is 0 Å². The third-order valence-corrected chi connectivity index (χ3v) is 2.43. The van der Waals surface area contributed by atoms with Gasteiger partial charge in [0.1, 0.15) is 0 Å². The van der Waals surface area contributed by atoms with E-state index in [0.717, 1.165) is 18.4 Å². The van der Waals surface area contributed by atoms with Gasteiger partial charge in [-0.3, -0.25) is 0 Å². The van der Waals surface area contributed by atoms with Crippen LogP contribution in [0.15, 0.2) is 11.6 Å². The molecule has 0 bridgehead atoms. The summed E-state index contributed by atoms with van der Waals surface area (Å²) in [6.07, 6.45) is 12.1. The lowest BCUT2D eigenvalue weighted by Crippen LogP contribution is -1.86. The van der Waals surface area contributed by atoms with E-state index in [-0.39, 0.29) is 0 Å². The van der Waals surface area contributed by atoms with Crippen LogP contribution in [0.4, 0.5) is 0 Å². The van der Waals surface area contributed by atoms with Gasteiger partial charge in [0, 0.05) is 5.57 Å². The molecule has 0 saturated heterocycles. The third-order valence-electron chi connectivity index (χ3n) is 2.43. The summed E-state index contributed by atoms with van der Waals surface area (Å²) in [5, 5.41) is 8.75. The Balaban J connectivity index is 2.39. The maximum Gasteiger partial charge on any atom is 0.0943 e. The van der Waals surface area contributed by atoms with Gasteiger partial charge in [0.2, 0.25) is 0 Å². The van der Waals surface area contributed by atoms with E-state index in [2.05, 4.69) is 12.1 Å². The minimum atomic E-state index is 1.01. The first-order valence-corrected chi connectivity index (χ1v) is 5.02. The first kappa shape index (κ1) is 9.32. The maximum atomic E-state index is 8.75. The van der Waals surface area contributed by atoms with Crippen LogP contribution < -0.4 is 0 Å². The van der Waals surface area contributed by atoms with Gasteiger partial charge in [-0.1, -0.05) is 31.8 Å². The molecule has 0 N–H and O–H groups in total. The Bertz CT molecular complexity index is 186. The largest absolute Gasteiger partial charge is 0.193 e. The predicted octanol–water partition coefficient (Wildman–Crippen LogP) is 3.57.